The van der Waals surface area contributed by atoms with Gasteiger partial charge < -0.3 is 99.2 Å². The number of hydrogen-bond acceptors (Lipinski definition) is 21. The zero-order valence-corrected chi connectivity index (χ0v) is 43.9. The van der Waals surface area contributed by atoms with Crippen LogP contribution >= 0.6 is 0 Å². The van der Waals surface area contributed by atoms with Crippen LogP contribution in [0.4, 0.5) is 0 Å². The molecule has 0 aromatic heterocycles. The van der Waals surface area contributed by atoms with Crippen LogP contribution in [0, 0.1) is 56.7 Å². The van der Waals surface area contributed by atoms with Crippen LogP contribution < -0.4 is 0 Å². The van der Waals surface area contributed by atoms with E-state index in [0.29, 0.717) is 31.6 Å². The number of carbonyl (C=O) groups excluding carboxylic acids is 1. The van der Waals surface area contributed by atoms with Gasteiger partial charge >= 0.3 is 5.97 Å². The smallest absolute Gasteiger partial charge is 0.314 e. The summed E-state index contributed by atoms with van der Waals surface area (Å²) in [6.07, 6.45) is -21.2. The Morgan fingerprint density at radius 2 is 1.24 bits per heavy atom. The van der Waals surface area contributed by atoms with Gasteiger partial charge in [0.15, 0.2) is 18.9 Å². The first kappa shape index (κ1) is 57.1. The number of rotatable bonds is 11. The maximum Gasteiger partial charge on any atom is 0.314 e. The molecule has 4 aliphatic heterocycles. The van der Waals surface area contributed by atoms with E-state index in [4.69, 9.17) is 37.9 Å². The lowest BCUT2D eigenvalue weighted by molar-refractivity contribution is -0.365. The Kier molecular flexibility index (Phi) is 16.1. The van der Waals surface area contributed by atoms with Gasteiger partial charge in [-0.3, -0.25) is 4.79 Å². The van der Waals surface area contributed by atoms with E-state index in [9.17, 15) is 61.3 Å². The summed E-state index contributed by atoms with van der Waals surface area (Å²) in [6.45, 7) is 18.3. The first-order chi connectivity index (χ1) is 34.7. The van der Waals surface area contributed by atoms with E-state index in [1.165, 1.54) is 6.92 Å². The Bertz CT molecular complexity index is 2010. The van der Waals surface area contributed by atoms with E-state index in [2.05, 4.69) is 41.2 Å². The van der Waals surface area contributed by atoms with Crippen LogP contribution in [-0.2, 0) is 42.7 Å². The molecule has 9 aliphatic rings. The molecule has 0 aromatic rings. The average molecular weight is 1060 g/mol. The summed E-state index contributed by atoms with van der Waals surface area (Å²) in [5.41, 5.74) is -0.835. The van der Waals surface area contributed by atoms with Crippen LogP contribution in [0.25, 0.3) is 0 Å². The SMILES string of the molecule is C=C(C)C1CCC2(C(=O)OC3OC(COC4OC(CO)C(O)C(O)C4O)C(O)C(O)C3O)CCC3(C)C(CCC4C5(C)CCC(OC6OCC(O)C(O)C6OC6OC(C)C(O)C(O)C6O)C(C)(C)C5CCC43C)C12. The second kappa shape index (κ2) is 20.8. The second-order valence-corrected chi connectivity index (χ2v) is 25.3. The Labute approximate surface area is 433 Å². The van der Waals surface area contributed by atoms with Gasteiger partial charge in [-0.25, -0.2) is 0 Å². The van der Waals surface area contributed by atoms with E-state index >= 15 is 4.79 Å². The first-order valence-electron chi connectivity index (χ1n) is 27.1. The summed E-state index contributed by atoms with van der Waals surface area (Å²) in [7, 11) is 0. The van der Waals surface area contributed by atoms with Crippen LogP contribution in [0.5, 0.6) is 0 Å². The standard InChI is InChI=1S/C53H86O21/c1-22(2)24-11-16-53(48(66)74-46-42(65)39(62)36(59)28(71-46)21-68-44-40(63)38(61)35(58)27(19-54)70-44)18-17-51(7)25(32(24)53)9-10-30-50(6)14-13-31(49(4,5)29(50)12-15-52(30,51)8)72-47-43(34(57)26(55)20-67-47)73-45-41(64)37(60)33(56)23(3)69-45/h23-47,54-65H,1,9-21H2,2-8H3. The molecule has 21 heteroatoms. The van der Waals surface area contributed by atoms with Gasteiger partial charge in [0.1, 0.15) is 85.5 Å². The number of fused-ring (bicyclic) bond motifs is 7. The topological polar surface area (TPSA) is 334 Å². The normalized spacial score (nSPS) is 55.3. The van der Waals surface area contributed by atoms with E-state index in [1.54, 1.807) is 0 Å². The molecule has 0 bridgehead atoms. The third-order valence-electron chi connectivity index (χ3n) is 21.4. The van der Waals surface area contributed by atoms with E-state index in [1.807, 2.05) is 6.92 Å². The van der Waals surface area contributed by atoms with Crippen molar-refractivity contribution in [3.8, 4) is 0 Å². The van der Waals surface area contributed by atoms with Crippen molar-refractivity contribution in [2.75, 3.05) is 19.8 Å². The second-order valence-electron chi connectivity index (χ2n) is 25.3. The zero-order valence-electron chi connectivity index (χ0n) is 43.9. The lowest BCUT2D eigenvalue weighted by atomic mass is 9.32. The Hall–Kier alpha value is -1.55. The van der Waals surface area contributed by atoms with Gasteiger partial charge in [-0.2, -0.15) is 0 Å². The highest BCUT2D eigenvalue weighted by Gasteiger charge is 2.73. The molecule has 424 valence electrons. The van der Waals surface area contributed by atoms with E-state index in [-0.39, 0.29) is 52.6 Å². The fourth-order valence-corrected chi connectivity index (χ4v) is 17.0. The van der Waals surface area contributed by atoms with Gasteiger partial charge in [0, 0.05) is 0 Å². The summed E-state index contributed by atoms with van der Waals surface area (Å²) >= 11 is 0. The summed E-state index contributed by atoms with van der Waals surface area (Å²) < 4.78 is 47.8. The molecule has 29 atom stereocenters. The molecule has 0 aromatic carbocycles. The van der Waals surface area contributed by atoms with E-state index < -0.39 is 147 Å². The van der Waals surface area contributed by atoms with Crippen LogP contribution in [0.3, 0.4) is 0 Å². The van der Waals surface area contributed by atoms with Crippen molar-refractivity contribution in [2.45, 2.75) is 235 Å². The lowest BCUT2D eigenvalue weighted by Crippen LogP contribution is -2.68. The fourth-order valence-electron chi connectivity index (χ4n) is 17.0. The van der Waals surface area contributed by atoms with Crippen molar-refractivity contribution >= 4 is 5.97 Å². The molecule has 29 unspecified atom stereocenters. The predicted octanol–water partition coefficient (Wildman–Crippen LogP) is -0.513. The van der Waals surface area contributed by atoms with Crippen LogP contribution in [-0.4, -0.2) is 210 Å². The zero-order chi connectivity index (χ0) is 53.9. The number of carbonyl (C=O) groups is 1. The molecule has 4 heterocycles. The molecule has 0 amide bonds. The van der Waals surface area contributed by atoms with Crippen LogP contribution in [0.15, 0.2) is 12.2 Å². The maximum absolute atomic E-state index is 15.1. The molecular weight excluding hydrogens is 973 g/mol. The summed E-state index contributed by atoms with van der Waals surface area (Å²) in [5.74, 6) is -0.0608. The number of allylic oxidation sites excluding steroid dienone is 1. The molecule has 9 rings (SSSR count). The highest BCUT2D eigenvalue weighted by molar-refractivity contribution is 5.78. The van der Waals surface area contributed by atoms with Crippen LogP contribution in [0.1, 0.15) is 113 Å². The van der Waals surface area contributed by atoms with Crippen molar-refractivity contribution in [3.05, 3.63) is 12.2 Å². The van der Waals surface area contributed by atoms with Gasteiger partial charge in [0.25, 0.3) is 0 Å². The van der Waals surface area contributed by atoms with Gasteiger partial charge in [0.05, 0.1) is 37.4 Å². The molecule has 74 heavy (non-hydrogen) atoms. The quantitative estimate of drug-likeness (QED) is 0.0704. The number of ether oxygens (including phenoxy) is 8. The molecule has 0 spiro atoms. The monoisotopic (exact) mass is 1060 g/mol. The summed E-state index contributed by atoms with van der Waals surface area (Å²) in [5, 5.41) is 127. The largest absolute Gasteiger partial charge is 0.432 e. The molecule has 4 saturated heterocycles. The summed E-state index contributed by atoms with van der Waals surface area (Å²) in [6, 6.07) is 0. The minimum Gasteiger partial charge on any atom is -0.432 e. The molecule has 21 nitrogen and oxygen atoms in total. The summed E-state index contributed by atoms with van der Waals surface area (Å²) in [4.78, 5) is 15.1. The highest BCUT2D eigenvalue weighted by Crippen LogP contribution is 2.78. The maximum atomic E-state index is 15.1. The Morgan fingerprint density at radius 3 is 1.92 bits per heavy atom. The average Bonchev–Trinajstić information content (AvgIpc) is 3.76. The molecular formula is C53H86O21. The predicted molar refractivity (Wildman–Crippen MR) is 255 cm³/mol. The molecule has 12 N–H and O–H groups in total. The van der Waals surface area contributed by atoms with Gasteiger partial charge in [-0.05, 0) is 129 Å². The van der Waals surface area contributed by atoms with Crippen molar-refractivity contribution < 1.29 is 104 Å². The molecule has 5 saturated carbocycles. The number of aliphatic hydroxyl groups excluding tert-OH is 12. The number of aliphatic hydroxyl groups is 12. The minimum atomic E-state index is -1.82. The third kappa shape index (κ3) is 9.08. The van der Waals surface area contributed by atoms with Gasteiger partial charge in [-0.15, -0.1) is 0 Å². The van der Waals surface area contributed by atoms with Gasteiger partial charge in [-0.1, -0.05) is 46.8 Å². The Morgan fingerprint density at radius 1 is 0.608 bits per heavy atom. The van der Waals surface area contributed by atoms with Crippen LogP contribution in [0.2, 0.25) is 0 Å². The van der Waals surface area contributed by atoms with Crippen molar-refractivity contribution in [3.63, 3.8) is 0 Å². The van der Waals surface area contributed by atoms with Crippen molar-refractivity contribution in [1.29, 1.82) is 0 Å². The van der Waals surface area contributed by atoms with Crippen molar-refractivity contribution in [2.24, 2.45) is 56.7 Å². The lowest BCUT2D eigenvalue weighted by Gasteiger charge is -2.73. The first-order valence-corrected chi connectivity index (χ1v) is 27.1. The van der Waals surface area contributed by atoms with Gasteiger partial charge in [0.2, 0.25) is 6.29 Å². The highest BCUT2D eigenvalue weighted by atomic mass is 16.8. The number of esters is 1. The number of hydrogen-bond donors (Lipinski definition) is 12. The fraction of sp³-hybridized carbons (Fsp3) is 0.943. The molecule has 5 aliphatic carbocycles. The molecule has 0 radical (unpaired) electrons. The Balaban J connectivity index is 0.905. The van der Waals surface area contributed by atoms with E-state index in [0.717, 1.165) is 44.1 Å². The molecule has 9 fully saturated rings. The minimum absolute atomic E-state index is 0.0116. The van der Waals surface area contributed by atoms with Crippen molar-refractivity contribution in [1.82, 2.24) is 0 Å². The third-order valence-corrected chi connectivity index (χ3v) is 21.4.